The van der Waals surface area contributed by atoms with Crippen LogP contribution in [-0.4, -0.2) is 34.6 Å². The van der Waals surface area contributed by atoms with Gasteiger partial charge in [0.2, 0.25) is 0 Å². The minimum Gasteiger partial charge on any atom is -0.389 e. The monoisotopic (exact) mass is 371 g/mol. The van der Waals surface area contributed by atoms with Gasteiger partial charge in [0.15, 0.2) is 0 Å². The number of carbonyl (C=O) groups excluding carboxylic acids is 1. The highest BCUT2D eigenvalue weighted by molar-refractivity contribution is 9.10. The van der Waals surface area contributed by atoms with E-state index in [-0.39, 0.29) is 11.8 Å². The molecule has 1 saturated carbocycles. The highest BCUT2D eigenvalue weighted by atomic mass is 79.9. The molecule has 1 aromatic rings. The van der Waals surface area contributed by atoms with Gasteiger partial charge in [0, 0.05) is 29.0 Å². The van der Waals surface area contributed by atoms with Gasteiger partial charge in [-0.3, -0.25) is 4.79 Å². The Kier molecular flexibility index (Phi) is 4.30. The van der Waals surface area contributed by atoms with Crippen LogP contribution in [0.15, 0.2) is 22.7 Å². The second-order valence-corrected chi connectivity index (χ2v) is 7.44. The maximum atomic E-state index is 12.6. The summed E-state index contributed by atoms with van der Waals surface area (Å²) in [6, 6.07) is 5.30. The standard InChI is InChI=1S/C16H19BrClNO2/c17-13-5-4-11(9-14(13)18)15(20)19-8-7-16(21)6-2-1-3-12(16)10-19/h4-5,9,12,21H,1-3,6-8,10H2. The van der Waals surface area contributed by atoms with Gasteiger partial charge in [-0.15, -0.1) is 0 Å². The Morgan fingerprint density at radius 1 is 1.38 bits per heavy atom. The Morgan fingerprint density at radius 3 is 2.95 bits per heavy atom. The number of fused-ring (bicyclic) bond motifs is 1. The third-order valence-corrected chi connectivity index (χ3v) is 6.11. The molecular weight excluding hydrogens is 354 g/mol. The molecule has 2 atom stereocenters. The van der Waals surface area contributed by atoms with Crippen molar-refractivity contribution in [2.24, 2.45) is 5.92 Å². The van der Waals surface area contributed by atoms with Crippen molar-refractivity contribution in [2.45, 2.75) is 37.7 Å². The number of hydrogen-bond donors (Lipinski definition) is 1. The van der Waals surface area contributed by atoms with E-state index >= 15 is 0 Å². The molecule has 0 aromatic heterocycles. The lowest BCUT2D eigenvalue weighted by Gasteiger charge is -2.47. The lowest BCUT2D eigenvalue weighted by Crippen LogP contribution is -2.54. The van der Waals surface area contributed by atoms with Crippen molar-refractivity contribution in [3.05, 3.63) is 33.3 Å². The Balaban J connectivity index is 1.75. The second kappa shape index (κ2) is 5.90. The van der Waals surface area contributed by atoms with Gasteiger partial charge in [-0.2, -0.15) is 0 Å². The zero-order valence-electron chi connectivity index (χ0n) is 11.8. The maximum Gasteiger partial charge on any atom is 0.253 e. The van der Waals surface area contributed by atoms with Crippen molar-refractivity contribution < 1.29 is 9.90 Å². The molecule has 1 aliphatic heterocycles. The summed E-state index contributed by atoms with van der Waals surface area (Å²) in [5.41, 5.74) is 0.0660. The van der Waals surface area contributed by atoms with E-state index in [0.717, 1.165) is 30.2 Å². The Hall–Kier alpha value is -0.580. The number of carbonyl (C=O) groups is 1. The van der Waals surface area contributed by atoms with E-state index in [1.807, 2.05) is 4.90 Å². The molecular formula is C16H19BrClNO2. The average molecular weight is 373 g/mol. The Bertz CT molecular complexity index is 565. The van der Waals surface area contributed by atoms with Crippen LogP contribution in [0.4, 0.5) is 0 Å². The van der Waals surface area contributed by atoms with Gasteiger partial charge in [0.1, 0.15) is 0 Å². The van der Waals surface area contributed by atoms with Crippen molar-refractivity contribution >= 4 is 33.4 Å². The van der Waals surface area contributed by atoms with Crippen molar-refractivity contribution in [3.8, 4) is 0 Å². The topological polar surface area (TPSA) is 40.5 Å². The van der Waals surface area contributed by atoms with Gasteiger partial charge in [0.25, 0.3) is 5.91 Å². The maximum absolute atomic E-state index is 12.6. The molecule has 1 heterocycles. The SMILES string of the molecule is O=C(c1ccc(Br)c(Cl)c1)N1CCC2(O)CCCCC2C1. The number of halogens is 2. The van der Waals surface area contributed by atoms with E-state index in [4.69, 9.17) is 11.6 Å². The summed E-state index contributed by atoms with van der Waals surface area (Å²) in [6.07, 6.45) is 4.83. The van der Waals surface area contributed by atoms with E-state index < -0.39 is 5.60 Å². The van der Waals surface area contributed by atoms with Crippen LogP contribution in [0, 0.1) is 5.92 Å². The molecule has 1 aromatic carbocycles. The quantitative estimate of drug-likeness (QED) is 0.813. The molecule has 1 saturated heterocycles. The predicted octanol–water partition coefficient (Wildman–Crippen LogP) is 3.87. The molecule has 5 heteroatoms. The smallest absolute Gasteiger partial charge is 0.253 e. The first-order valence-electron chi connectivity index (χ1n) is 7.46. The van der Waals surface area contributed by atoms with Crippen LogP contribution in [0.2, 0.25) is 5.02 Å². The van der Waals surface area contributed by atoms with Crippen molar-refractivity contribution in [1.82, 2.24) is 4.90 Å². The van der Waals surface area contributed by atoms with Crippen molar-refractivity contribution in [1.29, 1.82) is 0 Å². The van der Waals surface area contributed by atoms with Gasteiger partial charge in [-0.1, -0.05) is 24.4 Å². The normalized spacial score (nSPS) is 29.1. The first kappa shape index (κ1) is 15.3. The molecule has 21 heavy (non-hydrogen) atoms. The third kappa shape index (κ3) is 2.99. The molecule has 114 valence electrons. The molecule has 3 nitrogen and oxygen atoms in total. The number of aliphatic hydroxyl groups is 1. The molecule has 2 fully saturated rings. The number of hydrogen-bond acceptors (Lipinski definition) is 2. The molecule has 2 unspecified atom stereocenters. The first-order chi connectivity index (χ1) is 9.99. The third-order valence-electron chi connectivity index (χ3n) is 4.88. The highest BCUT2D eigenvalue weighted by Gasteiger charge is 2.43. The average Bonchev–Trinajstić information content (AvgIpc) is 2.48. The number of benzene rings is 1. The van der Waals surface area contributed by atoms with Crippen molar-refractivity contribution in [2.75, 3.05) is 13.1 Å². The van der Waals surface area contributed by atoms with Crippen LogP contribution in [0.3, 0.4) is 0 Å². The van der Waals surface area contributed by atoms with Crippen LogP contribution in [0.1, 0.15) is 42.5 Å². The van der Waals surface area contributed by atoms with E-state index in [1.54, 1.807) is 18.2 Å². The lowest BCUT2D eigenvalue weighted by atomic mass is 9.71. The largest absolute Gasteiger partial charge is 0.389 e. The van der Waals surface area contributed by atoms with Gasteiger partial charge in [-0.05, 0) is 53.4 Å². The van der Waals surface area contributed by atoms with Crippen LogP contribution < -0.4 is 0 Å². The molecule has 2 aliphatic rings. The number of nitrogens with zero attached hydrogens (tertiary/aromatic N) is 1. The highest BCUT2D eigenvalue weighted by Crippen LogP contribution is 2.40. The van der Waals surface area contributed by atoms with E-state index in [1.165, 1.54) is 0 Å². The van der Waals surface area contributed by atoms with Crippen LogP contribution >= 0.6 is 27.5 Å². The minimum atomic E-state index is -0.549. The van der Waals surface area contributed by atoms with Crippen molar-refractivity contribution in [3.63, 3.8) is 0 Å². The predicted molar refractivity (Wildman–Crippen MR) is 86.6 cm³/mol. The summed E-state index contributed by atoms with van der Waals surface area (Å²) in [4.78, 5) is 14.5. The summed E-state index contributed by atoms with van der Waals surface area (Å²) < 4.78 is 0.793. The first-order valence-corrected chi connectivity index (χ1v) is 8.63. The molecule has 3 rings (SSSR count). The zero-order valence-corrected chi connectivity index (χ0v) is 14.2. The molecule has 1 N–H and O–H groups in total. The molecule has 1 aliphatic carbocycles. The summed E-state index contributed by atoms with van der Waals surface area (Å²) in [5, 5.41) is 11.2. The van der Waals surface area contributed by atoms with Gasteiger partial charge in [-0.25, -0.2) is 0 Å². The molecule has 1 amide bonds. The Labute approximate surface area is 138 Å². The number of amides is 1. The summed E-state index contributed by atoms with van der Waals surface area (Å²) in [5.74, 6) is 0.229. The number of piperidine rings is 1. The van der Waals surface area contributed by atoms with Crippen LogP contribution in [0.5, 0.6) is 0 Å². The number of likely N-dealkylation sites (tertiary alicyclic amines) is 1. The lowest BCUT2D eigenvalue weighted by molar-refractivity contribution is -0.0886. The molecule has 0 spiro atoms. The summed E-state index contributed by atoms with van der Waals surface area (Å²) in [7, 11) is 0. The molecule has 0 bridgehead atoms. The Morgan fingerprint density at radius 2 is 2.19 bits per heavy atom. The van der Waals surface area contributed by atoms with E-state index in [2.05, 4.69) is 15.9 Å². The molecule has 0 radical (unpaired) electrons. The second-order valence-electron chi connectivity index (χ2n) is 6.18. The van der Waals surface area contributed by atoms with Crippen LogP contribution in [0.25, 0.3) is 0 Å². The number of rotatable bonds is 1. The van der Waals surface area contributed by atoms with E-state index in [0.29, 0.717) is 30.1 Å². The zero-order chi connectivity index (χ0) is 15.0. The van der Waals surface area contributed by atoms with Gasteiger partial charge >= 0.3 is 0 Å². The van der Waals surface area contributed by atoms with Crippen LogP contribution in [-0.2, 0) is 0 Å². The van der Waals surface area contributed by atoms with E-state index in [9.17, 15) is 9.90 Å². The fourth-order valence-electron chi connectivity index (χ4n) is 3.57. The summed E-state index contributed by atoms with van der Waals surface area (Å²) in [6.45, 7) is 1.28. The fourth-order valence-corrected chi connectivity index (χ4v) is 3.99. The van der Waals surface area contributed by atoms with Gasteiger partial charge in [0.05, 0.1) is 10.6 Å². The van der Waals surface area contributed by atoms with Gasteiger partial charge < -0.3 is 10.0 Å². The fraction of sp³-hybridized carbons (Fsp3) is 0.562. The minimum absolute atomic E-state index is 0.0111. The summed E-state index contributed by atoms with van der Waals surface area (Å²) >= 11 is 9.41.